The summed E-state index contributed by atoms with van der Waals surface area (Å²) < 4.78 is 13.2. The third-order valence-corrected chi connectivity index (χ3v) is 12.9. The molecule has 5 heterocycles. The zero-order valence-corrected chi connectivity index (χ0v) is 37.1. The molecule has 0 aliphatic carbocycles. The Morgan fingerprint density at radius 1 is 0.877 bits per heavy atom. The predicted octanol–water partition coefficient (Wildman–Crippen LogP) is 4.80. The monoisotopic (exact) mass is 918 g/mol. The van der Waals surface area contributed by atoms with Crippen LogP contribution in [0.25, 0.3) is 5.00 Å². The number of nitrogens with zero attached hydrogens (tertiary/aromatic N) is 5. The number of unbranched alkanes of at least 4 members (excludes halogenated alkanes) is 1. The van der Waals surface area contributed by atoms with Crippen LogP contribution in [-0.2, 0) is 35.3 Å². The number of carbonyl (C=O) groups is 7. The molecule has 0 radical (unpaired) electrons. The SMILES string of the molecule is Cc1sc2c(c1C)C(c1ccc(Cl)cc1)=N[C@@H](CC(=O)NCCCCNC(=O)COc1cccc3c1C(=O)N([C@]1(C(=O)OCc4ccccc4)CCC(=O)NC1=O)C3=O)c1nnc(C)n1-2. The van der Waals surface area contributed by atoms with Gasteiger partial charge in [-0.05, 0) is 75.4 Å². The molecule has 1 saturated heterocycles. The molecule has 19 heteroatoms. The van der Waals surface area contributed by atoms with Gasteiger partial charge in [0.15, 0.2) is 12.4 Å². The van der Waals surface area contributed by atoms with Crippen LogP contribution in [0.4, 0.5) is 0 Å². The quantitative estimate of drug-likeness (QED) is 0.0561. The molecule has 3 N–H and O–H groups in total. The first-order valence-electron chi connectivity index (χ1n) is 20.9. The highest BCUT2D eigenvalue weighted by Gasteiger charge is 2.62. The number of esters is 1. The van der Waals surface area contributed by atoms with E-state index in [4.69, 9.17) is 26.1 Å². The Hall–Kier alpha value is -7.05. The van der Waals surface area contributed by atoms with E-state index in [0.29, 0.717) is 46.5 Å². The molecule has 3 aliphatic heterocycles. The second-order valence-corrected chi connectivity index (χ2v) is 17.4. The molecular formula is C46H43ClN8O9S. The Morgan fingerprint density at radius 2 is 1.60 bits per heavy atom. The minimum absolute atomic E-state index is 0.0253. The molecule has 2 aromatic heterocycles. The number of fused-ring (bicyclic) bond motifs is 4. The van der Waals surface area contributed by atoms with Gasteiger partial charge in [0, 0.05) is 40.5 Å². The van der Waals surface area contributed by atoms with Gasteiger partial charge in [-0.2, -0.15) is 0 Å². The fourth-order valence-electron chi connectivity index (χ4n) is 8.04. The van der Waals surface area contributed by atoms with E-state index in [1.807, 2.05) is 35.8 Å². The van der Waals surface area contributed by atoms with E-state index in [1.165, 1.54) is 18.2 Å². The molecule has 6 amide bonds. The number of hydrogen-bond donors (Lipinski definition) is 3. The minimum Gasteiger partial charge on any atom is -0.483 e. The van der Waals surface area contributed by atoms with E-state index in [-0.39, 0.29) is 48.8 Å². The van der Waals surface area contributed by atoms with Crippen LogP contribution >= 0.6 is 22.9 Å². The molecule has 2 atom stereocenters. The molecule has 0 saturated carbocycles. The normalized spacial score (nSPS) is 17.6. The second-order valence-electron chi connectivity index (χ2n) is 15.7. The number of benzene rings is 3. The number of rotatable bonds is 15. The average Bonchev–Trinajstić information content (AvgIpc) is 3.87. The average molecular weight is 919 g/mol. The van der Waals surface area contributed by atoms with Gasteiger partial charge < -0.3 is 20.1 Å². The van der Waals surface area contributed by atoms with Crippen LogP contribution < -0.4 is 20.7 Å². The van der Waals surface area contributed by atoms with Crippen molar-refractivity contribution in [1.82, 2.24) is 35.6 Å². The Labute approximate surface area is 381 Å². The summed E-state index contributed by atoms with van der Waals surface area (Å²) >= 11 is 7.85. The first-order valence-corrected chi connectivity index (χ1v) is 22.1. The molecular weight excluding hydrogens is 876 g/mol. The van der Waals surface area contributed by atoms with E-state index < -0.39 is 60.1 Å². The lowest BCUT2D eigenvalue weighted by atomic mass is 9.86. The highest BCUT2D eigenvalue weighted by atomic mass is 35.5. The fraction of sp³-hybridized carbons (Fsp3) is 0.304. The van der Waals surface area contributed by atoms with Gasteiger partial charge in [-0.1, -0.05) is 60.1 Å². The Bertz CT molecular complexity index is 2790. The summed E-state index contributed by atoms with van der Waals surface area (Å²) in [7, 11) is 0. The van der Waals surface area contributed by atoms with Gasteiger partial charge in [-0.25, -0.2) is 9.69 Å². The standard InChI is InChI=1S/C46H43ClN8O9S/c1-25-26(2)65-43-37(25)39(29-14-16-30(47)17-15-29)50-32(40-53-52-27(3)54(40)43)22-35(57)48-20-7-8-21-49-36(58)24-63-33-13-9-12-31-38(33)42(60)55(41(31)59)46(19-18-34(56)51-44(46)61)45(62)64-23-28-10-5-4-6-11-28/h4-6,9-17,32H,7-8,18-24H2,1-3H3,(H,48,57)(H,49,58)(H,51,56,61)/t32-,46+/m0/s1. The Morgan fingerprint density at radius 3 is 2.32 bits per heavy atom. The third-order valence-electron chi connectivity index (χ3n) is 11.5. The molecule has 0 bridgehead atoms. The zero-order chi connectivity index (χ0) is 46.0. The van der Waals surface area contributed by atoms with Crippen molar-refractivity contribution in [3.05, 3.63) is 128 Å². The third kappa shape index (κ3) is 8.66. The number of hydrogen-bond acceptors (Lipinski definition) is 13. The molecule has 0 unspecified atom stereocenters. The summed E-state index contributed by atoms with van der Waals surface area (Å²) in [6.45, 7) is 5.80. The number of piperidine rings is 1. The van der Waals surface area contributed by atoms with Crippen molar-refractivity contribution < 1.29 is 43.0 Å². The number of halogens is 1. The van der Waals surface area contributed by atoms with E-state index >= 15 is 0 Å². The summed E-state index contributed by atoms with van der Waals surface area (Å²) in [6.07, 6.45) is 0.251. The molecule has 0 spiro atoms. The fourth-order valence-corrected chi connectivity index (χ4v) is 9.38. The topological polar surface area (TPSA) is 220 Å². The zero-order valence-electron chi connectivity index (χ0n) is 35.6. The van der Waals surface area contributed by atoms with Crippen LogP contribution in [0.1, 0.15) is 97.6 Å². The summed E-state index contributed by atoms with van der Waals surface area (Å²) in [6, 6.07) is 19.6. The number of aromatic nitrogens is 3. The predicted molar refractivity (Wildman–Crippen MR) is 237 cm³/mol. The van der Waals surface area contributed by atoms with Crippen LogP contribution in [0.15, 0.2) is 77.8 Å². The van der Waals surface area contributed by atoms with Crippen molar-refractivity contribution in [1.29, 1.82) is 0 Å². The molecule has 65 heavy (non-hydrogen) atoms. The molecule has 8 rings (SSSR count). The maximum absolute atomic E-state index is 14.0. The van der Waals surface area contributed by atoms with Gasteiger partial charge in [0.1, 0.15) is 29.2 Å². The molecule has 334 valence electrons. The van der Waals surface area contributed by atoms with Crippen molar-refractivity contribution in [2.45, 2.75) is 71.1 Å². The number of nitrogens with one attached hydrogen (secondary N) is 3. The van der Waals surface area contributed by atoms with Gasteiger partial charge in [-0.15, -0.1) is 21.5 Å². The first-order chi connectivity index (χ1) is 31.3. The van der Waals surface area contributed by atoms with E-state index in [2.05, 4.69) is 40.0 Å². The number of thiophene rings is 1. The maximum Gasteiger partial charge on any atom is 0.342 e. The summed E-state index contributed by atoms with van der Waals surface area (Å²) in [5.74, 6) is -4.60. The van der Waals surface area contributed by atoms with E-state index in [9.17, 15) is 33.6 Å². The van der Waals surface area contributed by atoms with Crippen LogP contribution in [0.5, 0.6) is 5.75 Å². The van der Waals surface area contributed by atoms with Gasteiger partial charge in [0.25, 0.3) is 23.6 Å². The highest BCUT2D eigenvalue weighted by Crippen LogP contribution is 2.41. The lowest BCUT2D eigenvalue weighted by Gasteiger charge is -2.38. The first kappa shape index (κ1) is 44.6. The number of aliphatic imine (C=N–C) groups is 1. The second kappa shape index (κ2) is 18.6. The molecule has 3 aromatic carbocycles. The lowest BCUT2D eigenvalue weighted by molar-refractivity contribution is -0.165. The van der Waals surface area contributed by atoms with Gasteiger partial charge in [-0.3, -0.25) is 43.6 Å². The number of ether oxygens (including phenoxy) is 2. The minimum atomic E-state index is -2.47. The van der Waals surface area contributed by atoms with Gasteiger partial charge in [0.05, 0.1) is 23.3 Å². The van der Waals surface area contributed by atoms with Crippen molar-refractivity contribution in [2.24, 2.45) is 4.99 Å². The number of amides is 6. The summed E-state index contributed by atoms with van der Waals surface area (Å²) in [4.78, 5) is 100. The van der Waals surface area contributed by atoms with Crippen molar-refractivity contribution in [3.63, 3.8) is 0 Å². The van der Waals surface area contributed by atoms with Crippen LogP contribution in [0.3, 0.4) is 0 Å². The summed E-state index contributed by atoms with van der Waals surface area (Å²) in [5.41, 5.74) is 1.40. The Kier molecular flexibility index (Phi) is 12.7. The van der Waals surface area contributed by atoms with Crippen LogP contribution in [0.2, 0.25) is 5.02 Å². The lowest BCUT2D eigenvalue weighted by Crippen LogP contribution is -2.68. The number of aryl methyl sites for hydroxylation is 2. The summed E-state index contributed by atoms with van der Waals surface area (Å²) in [5, 5.41) is 18.1. The molecule has 17 nitrogen and oxygen atoms in total. The maximum atomic E-state index is 14.0. The molecule has 1 fully saturated rings. The van der Waals surface area contributed by atoms with Crippen molar-refractivity contribution in [3.8, 4) is 10.8 Å². The van der Waals surface area contributed by atoms with E-state index in [1.54, 1.807) is 41.7 Å². The largest absolute Gasteiger partial charge is 0.483 e. The van der Waals surface area contributed by atoms with Crippen LogP contribution in [0, 0.1) is 20.8 Å². The smallest absolute Gasteiger partial charge is 0.342 e. The molecule has 3 aliphatic rings. The Balaban J connectivity index is 0.850. The van der Waals surface area contributed by atoms with Crippen molar-refractivity contribution >= 4 is 70.1 Å². The highest BCUT2D eigenvalue weighted by molar-refractivity contribution is 7.15. The molecule has 5 aromatic rings. The van der Waals surface area contributed by atoms with Crippen molar-refractivity contribution in [2.75, 3.05) is 19.7 Å². The van der Waals surface area contributed by atoms with Gasteiger partial charge >= 0.3 is 5.97 Å². The van der Waals surface area contributed by atoms with Gasteiger partial charge in [0.2, 0.25) is 17.4 Å². The number of imide groups is 2. The number of carbonyl (C=O) groups excluding carboxylic acids is 7. The van der Waals surface area contributed by atoms with E-state index in [0.717, 1.165) is 32.3 Å². The van der Waals surface area contributed by atoms with Crippen LogP contribution in [-0.4, -0.2) is 92.0 Å².